The molecule has 2 atom stereocenters. The molecule has 0 aliphatic carbocycles. The Hall–Kier alpha value is -0.610. The molecule has 1 saturated heterocycles. The van der Waals surface area contributed by atoms with Crippen molar-refractivity contribution < 1.29 is 9.53 Å². The molecule has 1 N–H and O–H groups in total. The van der Waals surface area contributed by atoms with E-state index in [2.05, 4.69) is 17.1 Å². The summed E-state index contributed by atoms with van der Waals surface area (Å²) in [4.78, 5) is 13.7. The fraction of sp³-hybridized carbons (Fsp3) is 0.917. The Morgan fingerprint density at radius 1 is 1.62 bits per heavy atom. The lowest BCUT2D eigenvalue weighted by Crippen LogP contribution is -2.47. The molecule has 1 aliphatic heterocycles. The molecule has 16 heavy (non-hydrogen) atoms. The molecule has 0 saturated carbocycles. The summed E-state index contributed by atoms with van der Waals surface area (Å²) in [5, 5.41) is 3.38. The Morgan fingerprint density at radius 3 is 3.00 bits per heavy atom. The lowest BCUT2D eigenvalue weighted by molar-refractivity contribution is -0.147. The van der Waals surface area contributed by atoms with Gasteiger partial charge < -0.3 is 10.1 Å². The van der Waals surface area contributed by atoms with Crippen molar-refractivity contribution >= 4 is 5.97 Å². The maximum atomic E-state index is 11.5. The van der Waals surface area contributed by atoms with Gasteiger partial charge in [0.1, 0.15) is 6.04 Å². The average Bonchev–Trinajstić information content (AvgIpc) is 2.34. The maximum absolute atomic E-state index is 11.5. The summed E-state index contributed by atoms with van der Waals surface area (Å²) in [6.45, 7) is 8.14. The monoisotopic (exact) mass is 228 g/mol. The number of carbonyl (C=O) groups excluding carboxylic acids is 1. The number of nitrogens with one attached hydrogen (secondary N) is 1. The van der Waals surface area contributed by atoms with E-state index < -0.39 is 0 Å². The zero-order chi connectivity index (χ0) is 12.0. The zero-order valence-corrected chi connectivity index (χ0v) is 10.7. The molecule has 0 aromatic carbocycles. The number of rotatable bonds is 5. The number of carbonyl (C=O) groups is 1. The molecule has 1 heterocycles. The molecular weight excluding hydrogens is 204 g/mol. The lowest BCUT2D eigenvalue weighted by Gasteiger charge is -2.35. The smallest absolute Gasteiger partial charge is 0.322 e. The second kappa shape index (κ2) is 6.86. The van der Waals surface area contributed by atoms with E-state index in [1.807, 2.05) is 6.92 Å². The predicted molar refractivity (Wildman–Crippen MR) is 64.3 cm³/mol. The predicted octanol–water partition coefficient (Wildman–Crippen LogP) is 0.869. The number of esters is 1. The van der Waals surface area contributed by atoms with E-state index in [-0.39, 0.29) is 12.0 Å². The van der Waals surface area contributed by atoms with Crippen LogP contribution in [0.1, 0.15) is 26.7 Å². The first-order valence-electron chi connectivity index (χ1n) is 6.21. The zero-order valence-electron chi connectivity index (χ0n) is 10.7. The van der Waals surface area contributed by atoms with E-state index in [1.54, 1.807) is 0 Å². The molecule has 4 heteroatoms. The average molecular weight is 228 g/mol. The van der Waals surface area contributed by atoms with E-state index in [1.165, 1.54) is 20.0 Å². The van der Waals surface area contributed by atoms with Gasteiger partial charge in [0.05, 0.1) is 7.11 Å². The van der Waals surface area contributed by atoms with Crippen molar-refractivity contribution in [3.8, 4) is 0 Å². The highest BCUT2D eigenvalue weighted by molar-refractivity contribution is 5.75. The SMILES string of the molecule is CCNCC1CCCN(C(C)C(=O)OC)C1. The third kappa shape index (κ3) is 3.76. The Morgan fingerprint density at radius 2 is 2.38 bits per heavy atom. The van der Waals surface area contributed by atoms with Crippen molar-refractivity contribution in [1.82, 2.24) is 10.2 Å². The van der Waals surface area contributed by atoms with Gasteiger partial charge in [-0.05, 0) is 45.3 Å². The van der Waals surface area contributed by atoms with Gasteiger partial charge in [-0.2, -0.15) is 0 Å². The van der Waals surface area contributed by atoms with Crippen LogP contribution in [0.15, 0.2) is 0 Å². The van der Waals surface area contributed by atoms with Crippen molar-refractivity contribution in [2.45, 2.75) is 32.7 Å². The molecule has 0 aromatic rings. The third-order valence-corrected chi connectivity index (χ3v) is 3.32. The van der Waals surface area contributed by atoms with E-state index >= 15 is 0 Å². The van der Waals surface area contributed by atoms with Gasteiger partial charge in [-0.3, -0.25) is 9.69 Å². The van der Waals surface area contributed by atoms with Gasteiger partial charge in [0.15, 0.2) is 0 Å². The third-order valence-electron chi connectivity index (χ3n) is 3.32. The number of ether oxygens (including phenoxy) is 1. The van der Waals surface area contributed by atoms with E-state index in [0.717, 1.165) is 26.2 Å². The summed E-state index contributed by atoms with van der Waals surface area (Å²) in [5.74, 6) is 0.546. The minimum Gasteiger partial charge on any atom is -0.468 e. The Labute approximate surface area is 98.3 Å². The fourth-order valence-corrected chi connectivity index (χ4v) is 2.28. The minimum absolute atomic E-state index is 0.102. The Kier molecular flexibility index (Phi) is 5.77. The summed E-state index contributed by atoms with van der Waals surface area (Å²) in [5.41, 5.74) is 0. The van der Waals surface area contributed by atoms with Gasteiger partial charge in [0.25, 0.3) is 0 Å². The van der Waals surface area contributed by atoms with Crippen molar-refractivity contribution in [3.63, 3.8) is 0 Å². The summed E-state index contributed by atoms with van der Waals surface area (Å²) in [6, 6.07) is -0.102. The van der Waals surface area contributed by atoms with Gasteiger partial charge in [-0.1, -0.05) is 6.92 Å². The van der Waals surface area contributed by atoms with Gasteiger partial charge >= 0.3 is 5.97 Å². The summed E-state index contributed by atoms with van der Waals surface area (Å²) < 4.78 is 4.79. The molecule has 0 radical (unpaired) electrons. The normalized spacial score (nSPS) is 24.1. The Bertz CT molecular complexity index is 221. The fourth-order valence-electron chi connectivity index (χ4n) is 2.28. The van der Waals surface area contributed by atoms with Crippen LogP contribution in [-0.2, 0) is 9.53 Å². The van der Waals surface area contributed by atoms with E-state index in [4.69, 9.17) is 4.74 Å². The van der Waals surface area contributed by atoms with Crippen molar-refractivity contribution in [2.75, 3.05) is 33.3 Å². The molecule has 4 nitrogen and oxygen atoms in total. The van der Waals surface area contributed by atoms with Crippen LogP contribution in [0.2, 0.25) is 0 Å². The lowest BCUT2D eigenvalue weighted by atomic mass is 9.97. The van der Waals surface area contributed by atoms with Crippen LogP contribution in [0.4, 0.5) is 0 Å². The molecule has 0 amide bonds. The van der Waals surface area contributed by atoms with Gasteiger partial charge in [0, 0.05) is 6.54 Å². The van der Waals surface area contributed by atoms with Crippen molar-refractivity contribution in [2.24, 2.45) is 5.92 Å². The molecule has 0 aromatic heterocycles. The van der Waals surface area contributed by atoms with Crippen LogP contribution < -0.4 is 5.32 Å². The first-order chi connectivity index (χ1) is 7.69. The number of methoxy groups -OCH3 is 1. The number of hydrogen-bond acceptors (Lipinski definition) is 4. The van der Waals surface area contributed by atoms with Crippen LogP contribution in [0, 0.1) is 5.92 Å². The Balaban J connectivity index is 2.40. The second-order valence-electron chi connectivity index (χ2n) is 4.51. The summed E-state index contributed by atoms with van der Waals surface area (Å²) in [6.07, 6.45) is 2.44. The summed E-state index contributed by atoms with van der Waals surface area (Å²) >= 11 is 0. The number of likely N-dealkylation sites (tertiary alicyclic amines) is 1. The molecule has 1 rings (SSSR count). The number of nitrogens with zero attached hydrogens (tertiary/aromatic N) is 1. The molecule has 0 bridgehead atoms. The highest BCUT2D eigenvalue weighted by Crippen LogP contribution is 2.18. The number of piperidine rings is 1. The first kappa shape index (κ1) is 13.5. The minimum atomic E-state index is -0.121. The molecule has 0 spiro atoms. The highest BCUT2D eigenvalue weighted by Gasteiger charge is 2.27. The molecule has 2 unspecified atom stereocenters. The quantitative estimate of drug-likeness (QED) is 0.709. The molecule has 94 valence electrons. The van der Waals surface area contributed by atoms with Crippen molar-refractivity contribution in [3.05, 3.63) is 0 Å². The molecule has 1 aliphatic rings. The number of hydrogen-bond donors (Lipinski definition) is 1. The summed E-state index contributed by atoms with van der Waals surface area (Å²) in [7, 11) is 1.46. The highest BCUT2D eigenvalue weighted by atomic mass is 16.5. The van der Waals surface area contributed by atoms with E-state index in [9.17, 15) is 4.79 Å². The van der Waals surface area contributed by atoms with Crippen LogP contribution in [0.25, 0.3) is 0 Å². The van der Waals surface area contributed by atoms with Crippen LogP contribution in [-0.4, -0.2) is 50.2 Å². The van der Waals surface area contributed by atoms with Gasteiger partial charge in [0.2, 0.25) is 0 Å². The topological polar surface area (TPSA) is 41.6 Å². The van der Waals surface area contributed by atoms with Crippen LogP contribution in [0.5, 0.6) is 0 Å². The largest absolute Gasteiger partial charge is 0.468 e. The van der Waals surface area contributed by atoms with Gasteiger partial charge in [-0.15, -0.1) is 0 Å². The molecular formula is C12H24N2O2. The maximum Gasteiger partial charge on any atom is 0.322 e. The van der Waals surface area contributed by atoms with Crippen LogP contribution in [0.3, 0.4) is 0 Å². The first-order valence-corrected chi connectivity index (χ1v) is 6.21. The standard InChI is InChI=1S/C12H24N2O2/c1-4-13-8-11-6-5-7-14(9-11)10(2)12(15)16-3/h10-11,13H,4-9H2,1-3H3. The second-order valence-corrected chi connectivity index (χ2v) is 4.51. The van der Waals surface area contributed by atoms with Crippen LogP contribution >= 0.6 is 0 Å². The van der Waals surface area contributed by atoms with Gasteiger partial charge in [-0.25, -0.2) is 0 Å². The molecule has 1 fully saturated rings. The van der Waals surface area contributed by atoms with E-state index in [0.29, 0.717) is 5.92 Å². The van der Waals surface area contributed by atoms with Crippen molar-refractivity contribution in [1.29, 1.82) is 0 Å².